The molecule has 3 saturated heterocycles. The van der Waals surface area contributed by atoms with Gasteiger partial charge < -0.3 is 49.9 Å². The number of amides is 4. The van der Waals surface area contributed by atoms with Crippen LogP contribution < -0.4 is 20.3 Å². The molecule has 3 aliphatic rings. The minimum atomic E-state index is -1.22. The number of nitrogens with zero attached hydrogens (tertiary/aromatic N) is 5. The SMILES string of the molecule is COC(=O)N[C@H](C(=O)N1CCC[C@H]1c1nc2ccc([C@H]3CC[C@H](c4ccc5nc([C@@H]6CCCN6C(=O)[C@@H](NC(=O)O)C(C)C)[nH]c5c4)N3c3ccc(OCc4ccccc4)cc3)cc2[nH]1)C(C)C. The number of nitrogens with one attached hydrogen (secondary N) is 4. The van der Waals surface area contributed by atoms with E-state index in [2.05, 4.69) is 80.1 Å². The van der Waals surface area contributed by atoms with E-state index in [-0.39, 0.29) is 47.8 Å². The highest BCUT2D eigenvalue weighted by Gasteiger charge is 2.40. The number of aromatic nitrogens is 4. The topological polar surface area (TPSA) is 198 Å². The number of fused-ring (bicyclic) bond motifs is 2. The molecule has 3 aliphatic heterocycles. The summed E-state index contributed by atoms with van der Waals surface area (Å²) in [6.45, 7) is 9.07. The van der Waals surface area contributed by atoms with Crippen molar-refractivity contribution in [2.75, 3.05) is 25.1 Å². The fraction of sp³-hybridized carbons (Fsp3) is 0.423. The van der Waals surface area contributed by atoms with Crippen molar-refractivity contribution in [3.8, 4) is 5.75 Å². The molecule has 6 aromatic rings. The highest BCUT2D eigenvalue weighted by atomic mass is 16.5. The maximum atomic E-state index is 13.9. The average Bonchev–Trinajstić information content (AvgIpc) is 4.20. The standard InChI is InChI=1S/C52H61N9O7/c1-30(2)45(57-51(64)65)49(62)59-25-9-13-43(59)47-53-37-21-15-33(27-39(37)55-47)41-23-24-42(61(41)35-17-19-36(20-18-35)68-29-32-11-7-6-8-12-32)34-16-22-38-40(28-34)56-48(54-38)44-14-10-26-60(44)50(63)46(31(3)4)58-52(66)67-5/h6-8,11-12,15-22,27-28,30-31,41-46,57H,9-10,13-14,23-26,29H2,1-5H3,(H,53,55)(H,54,56)(H,58,66)(H,64,65)/t41-,42-,43+,44+,45+,46+/m1/s1. The van der Waals surface area contributed by atoms with Gasteiger partial charge in [-0.3, -0.25) is 9.59 Å². The molecule has 0 spiro atoms. The molecule has 2 aromatic heterocycles. The molecule has 16 heteroatoms. The van der Waals surface area contributed by atoms with Gasteiger partial charge in [0.25, 0.3) is 0 Å². The number of ether oxygens (including phenoxy) is 2. The summed E-state index contributed by atoms with van der Waals surface area (Å²) in [6, 6.07) is 29.1. The van der Waals surface area contributed by atoms with Crippen LogP contribution in [0.4, 0.5) is 15.3 Å². The third-order valence-electron chi connectivity index (χ3n) is 13.9. The number of anilines is 1. The Hall–Kier alpha value is -7.10. The Morgan fingerprint density at radius 1 is 0.676 bits per heavy atom. The molecule has 0 radical (unpaired) electrons. The van der Waals surface area contributed by atoms with E-state index < -0.39 is 24.3 Å². The van der Waals surface area contributed by atoms with Gasteiger partial charge in [-0.05, 0) is 116 Å². The first-order valence-corrected chi connectivity index (χ1v) is 23.9. The molecule has 4 aromatic carbocycles. The first-order valence-electron chi connectivity index (χ1n) is 23.9. The van der Waals surface area contributed by atoms with Crippen LogP contribution in [-0.4, -0.2) is 91.1 Å². The van der Waals surface area contributed by atoms with E-state index in [1.54, 1.807) is 4.90 Å². The van der Waals surface area contributed by atoms with Gasteiger partial charge in [0.2, 0.25) is 11.8 Å². The molecule has 0 bridgehead atoms. The zero-order valence-corrected chi connectivity index (χ0v) is 39.3. The number of H-pyrrole nitrogens is 2. The van der Waals surface area contributed by atoms with Crippen molar-refractivity contribution in [1.29, 1.82) is 0 Å². The number of hydrogen-bond donors (Lipinski definition) is 5. The van der Waals surface area contributed by atoms with E-state index in [0.29, 0.717) is 25.5 Å². The number of imidazole rings is 2. The van der Waals surface area contributed by atoms with Crippen LogP contribution in [0.3, 0.4) is 0 Å². The molecule has 5 heterocycles. The van der Waals surface area contributed by atoms with Crippen molar-refractivity contribution in [1.82, 2.24) is 40.4 Å². The van der Waals surface area contributed by atoms with E-state index in [4.69, 9.17) is 19.4 Å². The Balaban J connectivity index is 1.01. The lowest BCUT2D eigenvalue weighted by Gasteiger charge is -2.33. The zero-order valence-electron chi connectivity index (χ0n) is 39.3. The van der Waals surface area contributed by atoms with E-state index in [0.717, 1.165) is 94.5 Å². The smallest absolute Gasteiger partial charge is 0.407 e. The van der Waals surface area contributed by atoms with Gasteiger partial charge in [0, 0.05) is 18.8 Å². The summed E-state index contributed by atoms with van der Waals surface area (Å²) in [5, 5.41) is 14.7. The predicted molar refractivity (Wildman–Crippen MR) is 258 cm³/mol. The monoisotopic (exact) mass is 923 g/mol. The maximum Gasteiger partial charge on any atom is 0.407 e. The van der Waals surface area contributed by atoms with Crippen LogP contribution in [0.15, 0.2) is 91.0 Å². The lowest BCUT2D eigenvalue weighted by Crippen LogP contribution is -2.51. The minimum Gasteiger partial charge on any atom is -0.489 e. The summed E-state index contributed by atoms with van der Waals surface area (Å²) < 4.78 is 11.0. The second kappa shape index (κ2) is 19.6. The van der Waals surface area contributed by atoms with Crippen LogP contribution in [0.5, 0.6) is 5.75 Å². The zero-order chi connectivity index (χ0) is 47.6. The van der Waals surface area contributed by atoms with Crippen molar-refractivity contribution in [2.24, 2.45) is 11.8 Å². The molecule has 356 valence electrons. The van der Waals surface area contributed by atoms with Gasteiger partial charge in [0.15, 0.2) is 0 Å². The van der Waals surface area contributed by atoms with Crippen LogP contribution in [0.1, 0.15) is 119 Å². The lowest BCUT2D eigenvalue weighted by molar-refractivity contribution is -0.136. The number of carboxylic acid groups (broad SMARTS) is 1. The number of likely N-dealkylation sites (tertiary alicyclic amines) is 2. The molecule has 4 amide bonds. The fourth-order valence-electron chi connectivity index (χ4n) is 10.4. The van der Waals surface area contributed by atoms with Crippen LogP contribution in [-0.2, 0) is 20.9 Å². The quantitative estimate of drug-likeness (QED) is 0.0703. The predicted octanol–water partition coefficient (Wildman–Crippen LogP) is 9.10. The summed E-state index contributed by atoms with van der Waals surface area (Å²) in [6.07, 6.45) is 3.01. The van der Waals surface area contributed by atoms with Gasteiger partial charge in [0.1, 0.15) is 36.1 Å². The number of aromatic amines is 2. The highest BCUT2D eigenvalue weighted by Crippen LogP contribution is 2.48. The summed E-state index contributed by atoms with van der Waals surface area (Å²) in [5.41, 5.74) is 7.79. The number of benzene rings is 4. The van der Waals surface area contributed by atoms with Crippen LogP contribution in [0, 0.1) is 11.8 Å². The largest absolute Gasteiger partial charge is 0.489 e. The Bertz CT molecular complexity index is 2770. The van der Waals surface area contributed by atoms with E-state index >= 15 is 0 Å². The Labute approximate surface area is 395 Å². The van der Waals surface area contributed by atoms with Gasteiger partial charge >= 0.3 is 12.2 Å². The first kappa shape index (κ1) is 46.0. The number of carbonyl (C=O) groups excluding carboxylic acids is 3. The number of rotatable bonds is 14. The Kier molecular flexibility index (Phi) is 13.3. The number of carbonyl (C=O) groups is 4. The summed E-state index contributed by atoms with van der Waals surface area (Å²) >= 11 is 0. The molecule has 68 heavy (non-hydrogen) atoms. The summed E-state index contributed by atoms with van der Waals surface area (Å²) in [5.74, 6) is 1.47. The van der Waals surface area contributed by atoms with Gasteiger partial charge in [0.05, 0.1) is 53.3 Å². The Morgan fingerprint density at radius 3 is 1.68 bits per heavy atom. The lowest BCUT2D eigenvalue weighted by atomic mass is 10.0. The molecular formula is C52H61N9O7. The molecular weight excluding hydrogens is 863 g/mol. The molecule has 16 nitrogen and oxygen atoms in total. The molecule has 0 unspecified atom stereocenters. The molecule has 6 atom stereocenters. The third kappa shape index (κ3) is 9.40. The van der Waals surface area contributed by atoms with Crippen LogP contribution in [0.2, 0.25) is 0 Å². The molecule has 0 saturated carbocycles. The average molecular weight is 924 g/mol. The molecule has 9 rings (SSSR count). The van der Waals surface area contributed by atoms with Crippen molar-refractivity contribution < 1.29 is 33.8 Å². The van der Waals surface area contributed by atoms with Crippen molar-refractivity contribution in [3.63, 3.8) is 0 Å². The highest BCUT2D eigenvalue weighted by molar-refractivity contribution is 5.87. The molecule has 3 fully saturated rings. The van der Waals surface area contributed by atoms with E-state index in [1.807, 2.05) is 69.0 Å². The van der Waals surface area contributed by atoms with E-state index in [9.17, 15) is 24.3 Å². The van der Waals surface area contributed by atoms with Crippen molar-refractivity contribution in [2.45, 2.75) is 109 Å². The summed E-state index contributed by atoms with van der Waals surface area (Å²) in [7, 11) is 1.30. The van der Waals surface area contributed by atoms with Gasteiger partial charge in [-0.2, -0.15) is 0 Å². The normalized spacial score (nSPS) is 20.4. The minimum absolute atomic E-state index is 0.00396. The van der Waals surface area contributed by atoms with Gasteiger partial charge in [-0.15, -0.1) is 0 Å². The summed E-state index contributed by atoms with van der Waals surface area (Å²) in [4.78, 5) is 74.7. The van der Waals surface area contributed by atoms with E-state index in [1.165, 1.54) is 7.11 Å². The second-order valence-corrected chi connectivity index (χ2v) is 19.0. The Morgan fingerprint density at radius 2 is 1.19 bits per heavy atom. The third-order valence-corrected chi connectivity index (χ3v) is 13.9. The van der Waals surface area contributed by atoms with Gasteiger partial charge in [-0.1, -0.05) is 70.2 Å². The van der Waals surface area contributed by atoms with Crippen molar-refractivity contribution >= 4 is 51.8 Å². The number of alkyl carbamates (subject to hydrolysis) is 1. The van der Waals surface area contributed by atoms with Crippen LogP contribution in [0.25, 0.3) is 22.1 Å². The van der Waals surface area contributed by atoms with Gasteiger partial charge in [-0.25, -0.2) is 19.6 Å². The number of methoxy groups -OCH3 is 1. The number of hydrogen-bond acceptors (Lipinski definition) is 9. The second-order valence-electron chi connectivity index (χ2n) is 19.0. The molecule has 0 aliphatic carbocycles. The maximum absolute atomic E-state index is 13.9. The van der Waals surface area contributed by atoms with Crippen molar-refractivity contribution in [3.05, 3.63) is 119 Å². The molecule has 5 N–H and O–H groups in total. The van der Waals surface area contributed by atoms with Crippen LogP contribution >= 0.6 is 0 Å². The first-order chi connectivity index (χ1) is 32.9. The fourth-order valence-corrected chi connectivity index (χ4v) is 10.4.